The van der Waals surface area contributed by atoms with Gasteiger partial charge in [0, 0.05) is 13.0 Å². The molecule has 7 heteroatoms. The summed E-state index contributed by atoms with van der Waals surface area (Å²) in [5.41, 5.74) is -0.401. The number of carboxylic acids is 1. The molecule has 94 valence electrons. The number of aldehydes is 1. The monoisotopic (exact) mass is 243 g/mol. The van der Waals surface area contributed by atoms with Crippen LogP contribution in [0.4, 0.5) is 0 Å². The molecule has 0 aromatic rings. The molecule has 0 unspecified atom stereocenters. The first-order valence-corrected chi connectivity index (χ1v) is 4.93. The second kappa shape index (κ2) is 6.00. The van der Waals surface area contributed by atoms with Crippen LogP contribution in [0.25, 0.3) is 0 Å². The number of esters is 1. The fraction of sp³-hybridized carbons (Fsp3) is 0.500. The molecule has 0 radical (unpaired) electrons. The molecule has 1 rings (SSSR count). The van der Waals surface area contributed by atoms with Crippen LogP contribution in [0.1, 0.15) is 6.42 Å². The van der Waals surface area contributed by atoms with Crippen LogP contribution in [-0.4, -0.2) is 55.2 Å². The highest BCUT2D eigenvalue weighted by Gasteiger charge is 2.28. The molecule has 0 aliphatic carbocycles. The van der Waals surface area contributed by atoms with Gasteiger partial charge in [0.05, 0.1) is 19.3 Å². The average molecular weight is 243 g/mol. The number of carboxylic acid groups (broad SMARTS) is 1. The quantitative estimate of drug-likeness (QED) is 0.390. The van der Waals surface area contributed by atoms with Crippen LogP contribution in [0.5, 0.6) is 0 Å². The predicted octanol–water partition coefficient (Wildman–Crippen LogP) is -0.623. The van der Waals surface area contributed by atoms with E-state index < -0.39 is 11.9 Å². The largest absolute Gasteiger partial charge is 0.477 e. The summed E-state index contributed by atoms with van der Waals surface area (Å²) in [6, 6.07) is 0. The van der Waals surface area contributed by atoms with E-state index in [4.69, 9.17) is 9.84 Å². The maximum Gasteiger partial charge on any atom is 0.352 e. The van der Waals surface area contributed by atoms with Crippen LogP contribution >= 0.6 is 0 Å². The van der Waals surface area contributed by atoms with Crippen LogP contribution in [-0.2, 0) is 23.9 Å². The van der Waals surface area contributed by atoms with Gasteiger partial charge in [0.15, 0.2) is 0 Å². The van der Waals surface area contributed by atoms with E-state index in [2.05, 4.69) is 4.74 Å². The van der Waals surface area contributed by atoms with Crippen LogP contribution in [0.15, 0.2) is 11.3 Å². The number of methoxy groups -OCH3 is 1. The predicted molar refractivity (Wildman–Crippen MR) is 54.9 cm³/mol. The van der Waals surface area contributed by atoms with E-state index in [0.29, 0.717) is 19.4 Å². The van der Waals surface area contributed by atoms with E-state index >= 15 is 0 Å². The number of ether oxygens (including phenoxy) is 2. The lowest BCUT2D eigenvalue weighted by atomic mass is 10.1. The summed E-state index contributed by atoms with van der Waals surface area (Å²) < 4.78 is 9.49. The first-order valence-electron chi connectivity index (χ1n) is 4.93. The molecule has 1 aliphatic heterocycles. The number of nitrogens with zero attached hydrogens (tertiary/aromatic N) is 1. The van der Waals surface area contributed by atoms with Gasteiger partial charge >= 0.3 is 11.9 Å². The Bertz CT molecular complexity index is 356. The van der Waals surface area contributed by atoms with Crippen molar-refractivity contribution in [3.8, 4) is 0 Å². The molecule has 0 saturated carbocycles. The van der Waals surface area contributed by atoms with Crippen molar-refractivity contribution in [2.24, 2.45) is 0 Å². The van der Waals surface area contributed by atoms with Crippen LogP contribution in [0.3, 0.4) is 0 Å². The molecular weight excluding hydrogens is 230 g/mol. The van der Waals surface area contributed by atoms with Crippen LogP contribution in [0, 0.1) is 0 Å². The molecule has 17 heavy (non-hydrogen) atoms. The fourth-order valence-corrected chi connectivity index (χ4v) is 1.53. The lowest BCUT2D eigenvalue weighted by Gasteiger charge is -2.18. The maximum atomic E-state index is 11.4. The van der Waals surface area contributed by atoms with Gasteiger partial charge in [0.1, 0.15) is 18.7 Å². The summed E-state index contributed by atoms with van der Waals surface area (Å²) >= 11 is 0. The highest BCUT2D eigenvalue weighted by atomic mass is 16.5. The summed E-state index contributed by atoms with van der Waals surface area (Å²) in [6.07, 6.45) is 0.164. The number of hydrogen-bond acceptors (Lipinski definition) is 6. The molecule has 1 fully saturated rings. The Hall–Kier alpha value is -1.89. The second-order valence-corrected chi connectivity index (χ2v) is 3.30. The van der Waals surface area contributed by atoms with E-state index in [1.165, 1.54) is 4.90 Å². The molecule has 1 heterocycles. The van der Waals surface area contributed by atoms with E-state index in [-0.39, 0.29) is 24.4 Å². The van der Waals surface area contributed by atoms with Crippen molar-refractivity contribution in [3.63, 3.8) is 0 Å². The molecule has 0 spiro atoms. The zero-order valence-corrected chi connectivity index (χ0v) is 9.34. The van der Waals surface area contributed by atoms with Crippen molar-refractivity contribution in [1.82, 2.24) is 4.90 Å². The van der Waals surface area contributed by atoms with E-state index in [0.717, 1.165) is 7.11 Å². The summed E-state index contributed by atoms with van der Waals surface area (Å²) in [4.78, 5) is 34.5. The molecule has 1 N–H and O–H groups in total. The molecule has 0 amide bonds. The van der Waals surface area contributed by atoms with Crippen LogP contribution in [0.2, 0.25) is 0 Å². The highest BCUT2D eigenvalue weighted by molar-refractivity contribution is 6.00. The normalized spacial score (nSPS) is 16.4. The third-order valence-corrected chi connectivity index (χ3v) is 2.28. The molecule has 0 bridgehead atoms. The lowest BCUT2D eigenvalue weighted by Crippen LogP contribution is -2.29. The van der Waals surface area contributed by atoms with Crippen molar-refractivity contribution in [3.05, 3.63) is 11.3 Å². The van der Waals surface area contributed by atoms with Crippen molar-refractivity contribution < 1.29 is 29.0 Å². The van der Waals surface area contributed by atoms with Crippen molar-refractivity contribution in [2.45, 2.75) is 6.42 Å². The molecule has 7 nitrogen and oxygen atoms in total. The number of aliphatic carboxylic acids is 1. The zero-order chi connectivity index (χ0) is 12.8. The Morgan fingerprint density at radius 1 is 1.53 bits per heavy atom. The minimum absolute atomic E-state index is 0.0843. The minimum atomic E-state index is -1.28. The number of carbonyl (C=O) groups is 3. The topological polar surface area (TPSA) is 93.1 Å². The summed E-state index contributed by atoms with van der Waals surface area (Å²) in [5.74, 6) is -2.10. The number of hydrogen-bond donors (Lipinski definition) is 1. The van der Waals surface area contributed by atoms with Gasteiger partial charge in [-0.1, -0.05) is 0 Å². The Morgan fingerprint density at radius 3 is 2.65 bits per heavy atom. The van der Waals surface area contributed by atoms with Crippen molar-refractivity contribution in [2.75, 3.05) is 27.0 Å². The fourth-order valence-electron chi connectivity index (χ4n) is 1.53. The Labute approximate surface area is 97.6 Å². The molecule has 0 atom stereocenters. The maximum absolute atomic E-state index is 11.4. The van der Waals surface area contributed by atoms with Gasteiger partial charge in [0.2, 0.25) is 0 Å². The Morgan fingerprint density at radius 2 is 2.24 bits per heavy atom. The SMILES string of the molecule is COC(=O)/C(CC=O)=C(\C(=O)O)N1CCOC1. The third-order valence-electron chi connectivity index (χ3n) is 2.28. The first kappa shape index (κ1) is 13.2. The van der Waals surface area contributed by atoms with Gasteiger partial charge < -0.3 is 24.3 Å². The molecule has 0 aromatic heterocycles. The molecule has 0 aromatic carbocycles. The smallest absolute Gasteiger partial charge is 0.352 e. The Balaban J connectivity index is 3.14. The second-order valence-electron chi connectivity index (χ2n) is 3.30. The lowest BCUT2D eigenvalue weighted by molar-refractivity contribution is -0.139. The number of rotatable bonds is 5. The summed E-state index contributed by atoms with van der Waals surface area (Å²) in [6.45, 7) is 0.828. The third kappa shape index (κ3) is 3.04. The average Bonchev–Trinajstić information content (AvgIpc) is 2.80. The van der Waals surface area contributed by atoms with Gasteiger partial charge in [-0.25, -0.2) is 9.59 Å². The summed E-state index contributed by atoms with van der Waals surface area (Å²) in [5, 5.41) is 9.10. The summed E-state index contributed by atoms with van der Waals surface area (Å²) in [7, 11) is 1.13. The van der Waals surface area contributed by atoms with Crippen molar-refractivity contribution >= 4 is 18.2 Å². The van der Waals surface area contributed by atoms with Gasteiger partial charge in [-0.2, -0.15) is 0 Å². The van der Waals surface area contributed by atoms with Gasteiger partial charge in [0.25, 0.3) is 0 Å². The Kier molecular flexibility index (Phi) is 4.65. The van der Waals surface area contributed by atoms with Crippen LogP contribution < -0.4 is 0 Å². The molecule has 1 saturated heterocycles. The first-order chi connectivity index (χ1) is 8.11. The molecule has 1 aliphatic rings. The van der Waals surface area contributed by atoms with Crippen molar-refractivity contribution in [1.29, 1.82) is 0 Å². The highest BCUT2D eigenvalue weighted by Crippen LogP contribution is 2.17. The van der Waals surface area contributed by atoms with E-state index in [1.54, 1.807) is 0 Å². The van der Waals surface area contributed by atoms with Gasteiger partial charge in [-0.3, -0.25) is 0 Å². The van der Waals surface area contributed by atoms with Gasteiger partial charge in [-0.05, 0) is 0 Å². The standard InChI is InChI=1S/C10H13NO6/c1-16-10(15)7(2-4-12)8(9(13)14)11-3-5-17-6-11/h4H,2-3,5-6H2,1H3,(H,13,14)/b8-7+. The minimum Gasteiger partial charge on any atom is -0.477 e. The van der Waals surface area contributed by atoms with E-state index in [9.17, 15) is 14.4 Å². The zero-order valence-electron chi connectivity index (χ0n) is 9.34. The number of carbonyl (C=O) groups excluding carboxylic acids is 2. The van der Waals surface area contributed by atoms with Gasteiger partial charge in [-0.15, -0.1) is 0 Å². The molecular formula is C10H13NO6. The van der Waals surface area contributed by atoms with E-state index in [1.807, 2.05) is 0 Å².